The third-order valence-corrected chi connectivity index (χ3v) is 3.73. The van der Waals surface area contributed by atoms with Gasteiger partial charge in [0.15, 0.2) is 17.3 Å². The summed E-state index contributed by atoms with van der Waals surface area (Å²) in [6.07, 6.45) is 1.55. The Hall–Kier alpha value is -3.06. The van der Waals surface area contributed by atoms with Crippen LogP contribution in [-0.2, 0) is 0 Å². The minimum absolute atomic E-state index is 0.380. The predicted molar refractivity (Wildman–Crippen MR) is 95.3 cm³/mol. The van der Waals surface area contributed by atoms with Crippen LogP contribution in [0.4, 0.5) is 23.1 Å². The second-order valence-corrected chi connectivity index (χ2v) is 5.72. The maximum atomic E-state index is 5.88. The van der Waals surface area contributed by atoms with Crippen molar-refractivity contribution in [1.82, 2.24) is 15.2 Å². The van der Waals surface area contributed by atoms with E-state index in [4.69, 9.17) is 21.1 Å². The summed E-state index contributed by atoms with van der Waals surface area (Å²) in [6.45, 7) is 1.11. The summed E-state index contributed by atoms with van der Waals surface area (Å²) in [6, 6.07) is 12.9. The van der Waals surface area contributed by atoms with Gasteiger partial charge in [0.25, 0.3) is 0 Å². The first-order valence-electron chi connectivity index (χ1n) is 7.65. The highest BCUT2D eigenvalue weighted by Crippen LogP contribution is 2.33. The number of hydrogen-bond donors (Lipinski definition) is 2. The Morgan fingerprint density at radius 3 is 2.48 bits per heavy atom. The van der Waals surface area contributed by atoms with Crippen molar-refractivity contribution in [2.45, 2.75) is 0 Å². The number of nitrogens with zero attached hydrogens (tertiary/aromatic N) is 3. The largest absolute Gasteiger partial charge is 0.486 e. The van der Waals surface area contributed by atoms with Crippen LogP contribution in [0, 0.1) is 0 Å². The van der Waals surface area contributed by atoms with Crippen molar-refractivity contribution in [3.8, 4) is 11.5 Å². The normalized spacial score (nSPS) is 12.5. The van der Waals surface area contributed by atoms with Crippen molar-refractivity contribution < 1.29 is 9.47 Å². The molecule has 0 bridgehead atoms. The van der Waals surface area contributed by atoms with E-state index in [2.05, 4.69) is 25.8 Å². The fraction of sp³-hybridized carbons (Fsp3) is 0.118. The van der Waals surface area contributed by atoms with Crippen LogP contribution in [0.25, 0.3) is 0 Å². The first-order chi connectivity index (χ1) is 12.3. The third kappa shape index (κ3) is 3.72. The van der Waals surface area contributed by atoms with Gasteiger partial charge in [0.1, 0.15) is 13.2 Å². The molecule has 3 aromatic rings. The van der Waals surface area contributed by atoms with E-state index in [1.165, 1.54) is 0 Å². The Morgan fingerprint density at radius 2 is 1.64 bits per heavy atom. The minimum Gasteiger partial charge on any atom is -0.486 e. The Balaban J connectivity index is 1.50. The van der Waals surface area contributed by atoms with E-state index >= 15 is 0 Å². The maximum absolute atomic E-state index is 5.88. The van der Waals surface area contributed by atoms with E-state index in [0.29, 0.717) is 35.8 Å². The summed E-state index contributed by atoms with van der Waals surface area (Å²) < 4.78 is 11.1. The Bertz CT molecular complexity index is 888. The smallest absolute Gasteiger partial charge is 0.249 e. The lowest BCUT2D eigenvalue weighted by Crippen LogP contribution is -2.15. The van der Waals surface area contributed by atoms with Gasteiger partial charge in [-0.05, 0) is 36.4 Å². The molecule has 2 aromatic carbocycles. The van der Waals surface area contributed by atoms with Crippen molar-refractivity contribution in [1.29, 1.82) is 0 Å². The molecule has 0 saturated heterocycles. The molecule has 0 aliphatic carbocycles. The molecule has 0 unspecified atom stereocenters. The predicted octanol–water partition coefficient (Wildman–Crippen LogP) is 3.78. The van der Waals surface area contributed by atoms with Crippen molar-refractivity contribution in [2.24, 2.45) is 0 Å². The molecular weight excluding hydrogens is 342 g/mol. The van der Waals surface area contributed by atoms with Gasteiger partial charge in [-0.2, -0.15) is 10.1 Å². The molecule has 1 aromatic heterocycles. The van der Waals surface area contributed by atoms with Gasteiger partial charge in [-0.1, -0.05) is 11.6 Å². The van der Waals surface area contributed by atoms with Crippen LogP contribution >= 0.6 is 11.6 Å². The number of benzene rings is 2. The lowest BCUT2D eigenvalue weighted by molar-refractivity contribution is 0.171. The van der Waals surface area contributed by atoms with Gasteiger partial charge in [0.2, 0.25) is 5.95 Å². The Kier molecular flexibility index (Phi) is 4.22. The van der Waals surface area contributed by atoms with E-state index in [0.717, 1.165) is 17.1 Å². The zero-order chi connectivity index (χ0) is 17.1. The molecule has 126 valence electrons. The number of rotatable bonds is 4. The van der Waals surface area contributed by atoms with Gasteiger partial charge in [0.05, 0.1) is 6.20 Å². The van der Waals surface area contributed by atoms with Gasteiger partial charge in [0, 0.05) is 22.5 Å². The number of anilines is 4. The summed E-state index contributed by atoms with van der Waals surface area (Å²) in [4.78, 5) is 4.40. The summed E-state index contributed by atoms with van der Waals surface area (Å²) in [5.41, 5.74) is 1.64. The van der Waals surface area contributed by atoms with Crippen LogP contribution < -0.4 is 20.1 Å². The van der Waals surface area contributed by atoms with Crippen LogP contribution in [0.15, 0.2) is 48.7 Å². The van der Waals surface area contributed by atoms with Gasteiger partial charge in [-0.3, -0.25) is 0 Å². The molecule has 0 atom stereocenters. The molecule has 25 heavy (non-hydrogen) atoms. The maximum Gasteiger partial charge on any atom is 0.249 e. The van der Waals surface area contributed by atoms with Gasteiger partial charge >= 0.3 is 0 Å². The van der Waals surface area contributed by atoms with Gasteiger partial charge in [-0.15, -0.1) is 5.10 Å². The highest BCUT2D eigenvalue weighted by molar-refractivity contribution is 6.30. The zero-order valence-corrected chi connectivity index (χ0v) is 13.8. The standard InChI is InChI=1S/C17H14ClN5O2/c18-11-1-3-12(4-2-11)21-17-22-16(10-19-23-17)20-13-5-6-14-15(9-13)25-8-7-24-14/h1-6,9-10H,7-8H2,(H2,20,21,22,23). The molecule has 8 heteroatoms. The van der Waals surface area contributed by atoms with E-state index in [1.807, 2.05) is 30.3 Å². The van der Waals surface area contributed by atoms with Crippen LogP contribution in [0.2, 0.25) is 5.02 Å². The van der Waals surface area contributed by atoms with E-state index in [9.17, 15) is 0 Å². The minimum atomic E-state index is 0.380. The van der Waals surface area contributed by atoms with Crippen molar-refractivity contribution in [3.63, 3.8) is 0 Å². The molecule has 0 amide bonds. The fourth-order valence-electron chi connectivity index (χ4n) is 2.35. The molecule has 2 heterocycles. The summed E-state index contributed by atoms with van der Waals surface area (Å²) >= 11 is 5.88. The number of ether oxygens (including phenoxy) is 2. The fourth-order valence-corrected chi connectivity index (χ4v) is 2.47. The quantitative estimate of drug-likeness (QED) is 0.737. The number of nitrogens with one attached hydrogen (secondary N) is 2. The zero-order valence-electron chi connectivity index (χ0n) is 13.1. The van der Waals surface area contributed by atoms with E-state index in [1.54, 1.807) is 18.3 Å². The van der Waals surface area contributed by atoms with E-state index in [-0.39, 0.29) is 0 Å². The number of fused-ring (bicyclic) bond motifs is 1. The Morgan fingerprint density at radius 1 is 0.880 bits per heavy atom. The monoisotopic (exact) mass is 355 g/mol. The van der Waals surface area contributed by atoms with Crippen LogP contribution in [0.3, 0.4) is 0 Å². The van der Waals surface area contributed by atoms with Crippen LogP contribution in [0.1, 0.15) is 0 Å². The molecule has 1 aliphatic heterocycles. The van der Waals surface area contributed by atoms with Crippen molar-refractivity contribution in [3.05, 3.63) is 53.7 Å². The first-order valence-corrected chi connectivity index (χ1v) is 8.03. The highest BCUT2D eigenvalue weighted by Gasteiger charge is 2.12. The van der Waals surface area contributed by atoms with Crippen molar-refractivity contribution in [2.75, 3.05) is 23.8 Å². The number of hydrogen-bond acceptors (Lipinski definition) is 7. The molecule has 0 spiro atoms. The second-order valence-electron chi connectivity index (χ2n) is 5.28. The average molecular weight is 356 g/mol. The molecule has 0 fully saturated rings. The van der Waals surface area contributed by atoms with E-state index < -0.39 is 0 Å². The molecule has 7 nitrogen and oxygen atoms in total. The SMILES string of the molecule is Clc1ccc(Nc2nncc(Nc3ccc4c(c3)OCCO4)n2)cc1. The second kappa shape index (κ2) is 6.82. The molecule has 2 N–H and O–H groups in total. The number of aromatic nitrogens is 3. The van der Waals surface area contributed by atoms with Gasteiger partial charge < -0.3 is 20.1 Å². The van der Waals surface area contributed by atoms with Crippen LogP contribution in [-0.4, -0.2) is 28.4 Å². The summed E-state index contributed by atoms with van der Waals surface area (Å²) in [5, 5.41) is 14.9. The number of halogens is 1. The summed E-state index contributed by atoms with van der Waals surface area (Å²) in [7, 11) is 0. The molecule has 1 aliphatic rings. The first kappa shape index (κ1) is 15.5. The van der Waals surface area contributed by atoms with Crippen molar-refractivity contribution >= 4 is 34.7 Å². The molecule has 4 rings (SSSR count). The van der Waals surface area contributed by atoms with Gasteiger partial charge in [-0.25, -0.2) is 0 Å². The lowest BCUT2D eigenvalue weighted by atomic mass is 10.2. The highest BCUT2D eigenvalue weighted by atomic mass is 35.5. The lowest BCUT2D eigenvalue weighted by Gasteiger charge is -2.19. The topological polar surface area (TPSA) is 81.2 Å². The van der Waals surface area contributed by atoms with Crippen LogP contribution in [0.5, 0.6) is 11.5 Å². The molecular formula is C17H14ClN5O2. The average Bonchev–Trinajstić information content (AvgIpc) is 2.64. The molecule has 0 radical (unpaired) electrons. The molecule has 0 saturated carbocycles. The summed E-state index contributed by atoms with van der Waals surface area (Å²) in [5.74, 6) is 2.38. The Labute approximate surface area is 149 Å². The third-order valence-electron chi connectivity index (χ3n) is 3.47.